The van der Waals surface area contributed by atoms with E-state index in [0.717, 1.165) is 40.5 Å². The third-order valence-corrected chi connectivity index (χ3v) is 5.33. The molecule has 0 aliphatic carbocycles. The number of carbonyl (C=O) groups excluding carboxylic acids is 1. The summed E-state index contributed by atoms with van der Waals surface area (Å²) < 4.78 is 11.3. The van der Waals surface area contributed by atoms with E-state index in [9.17, 15) is 4.79 Å². The molecule has 2 heterocycles. The molecule has 0 bridgehead atoms. The summed E-state index contributed by atoms with van der Waals surface area (Å²) in [5.41, 5.74) is 2.15. The molecule has 2 atom stereocenters. The van der Waals surface area contributed by atoms with Crippen LogP contribution < -0.4 is 15.4 Å². The van der Waals surface area contributed by atoms with Crippen molar-refractivity contribution >= 4 is 16.8 Å². The van der Waals surface area contributed by atoms with E-state index in [4.69, 9.17) is 9.47 Å². The van der Waals surface area contributed by atoms with Crippen LogP contribution in [0.15, 0.2) is 60.9 Å². The molecule has 1 aliphatic rings. The minimum atomic E-state index is -0.162. The van der Waals surface area contributed by atoms with Crippen LogP contribution in [0.1, 0.15) is 30.1 Å². The topological polar surface area (TPSA) is 72.5 Å². The van der Waals surface area contributed by atoms with E-state index in [-0.39, 0.29) is 18.2 Å². The van der Waals surface area contributed by atoms with Crippen molar-refractivity contribution in [3.8, 4) is 5.75 Å². The Hall–Kier alpha value is -3.12. The lowest BCUT2D eigenvalue weighted by Crippen LogP contribution is -2.44. The first-order valence-corrected chi connectivity index (χ1v) is 9.85. The minimum absolute atomic E-state index is 0.0115. The fourth-order valence-corrected chi connectivity index (χ4v) is 3.82. The summed E-state index contributed by atoms with van der Waals surface area (Å²) >= 11 is 0. The second-order valence-corrected chi connectivity index (χ2v) is 7.16. The zero-order valence-corrected chi connectivity index (χ0v) is 16.4. The molecule has 29 heavy (non-hydrogen) atoms. The molecule has 0 saturated carbocycles. The number of nitrogens with zero attached hydrogens (tertiary/aromatic N) is 1. The van der Waals surface area contributed by atoms with E-state index < -0.39 is 0 Å². The van der Waals surface area contributed by atoms with Crippen molar-refractivity contribution in [3.63, 3.8) is 0 Å². The molecule has 1 aromatic heterocycles. The van der Waals surface area contributed by atoms with Gasteiger partial charge in [0.05, 0.1) is 13.2 Å². The quantitative estimate of drug-likeness (QED) is 0.690. The molecule has 4 rings (SSSR count). The van der Waals surface area contributed by atoms with Crippen molar-refractivity contribution in [3.05, 3.63) is 72.1 Å². The predicted octanol–water partition coefficient (Wildman–Crippen LogP) is 3.96. The number of hydrogen-bond donors (Lipinski definition) is 2. The molecule has 6 nitrogen and oxygen atoms in total. The van der Waals surface area contributed by atoms with Crippen LogP contribution in [0, 0.1) is 0 Å². The molecule has 0 radical (unpaired) electrons. The van der Waals surface area contributed by atoms with Crippen molar-refractivity contribution < 1.29 is 14.3 Å². The van der Waals surface area contributed by atoms with Gasteiger partial charge in [-0.25, -0.2) is 4.79 Å². The maximum atomic E-state index is 12.5. The van der Waals surface area contributed by atoms with Gasteiger partial charge in [-0.3, -0.25) is 4.98 Å². The van der Waals surface area contributed by atoms with Crippen molar-refractivity contribution in [1.82, 2.24) is 15.6 Å². The second-order valence-electron chi connectivity index (χ2n) is 7.16. The average molecular weight is 391 g/mol. The third-order valence-electron chi connectivity index (χ3n) is 5.33. The minimum Gasteiger partial charge on any atom is -0.496 e. The van der Waals surface area contributed by atoms with E-state index in [1.165, 1.54) is 0 Å². The Balaban J connectivity index is 1.36. The summed E-state index contributed by atoms with van der Waals surface area (Å²) in [6.07, 6.45) is 5.08. The van der Waals surface area contributed by atoms with Crippen molar-refractivity contribution in [1.29, 1.82) is 0 Å². The van der Waals surface area contributed by atoms with Gasteiger partial charge in [0.25, 0.3) is 0 Å². The van der Waals surface area contributed by atoms with Gasteiger partial charge in [-0.1, -0.05) is 30.3 Å². The lowest BCUT2D eigenvalue weighted by atomic mass is 9.98. The highest BCUT2D eigenvalue weighted by atomic mass is 16.5. The summed E-state index contributed by atoms with van der Waals surface area (Å²) in [6.45, 7) is 1.08. The monoisotopic (exact) mass is 391 g/mol. The third kappa shape index (κ3) is 4.49. The Labute approximate surface area is 170 Å². The Morgan fingerprint density at radius 2 is 1.93 bits per heavy atom. The Morgan fingerprint density at radius 1 is 1.14 bits per heavy atom. The number of ether oxygens (including phenoxy) is 2. The normalized spacial score (nSPS) is 18.9. The smallest absolute Gasteiger partial charge is 0.315 e. The number of nitrogens with one attached hydrogen (secondary N) is 2. The first-order valence-electron chi connectivity index (χ1n) is 9.85. The van der Waals surface area contributed by atoms with Crippen molar-refractivity contribution in [2.45, 2.75) is 31.5 Å². The SMILES string of the molecule is COc1ccc(CNC(=O)NC2CCOC(c3ccncc3)C2)c2ccccc12. The van der Waals surface area contributed by atoms with Crippen molar-refractivity contribution in [2.24, 2.45) is 0 Å². The number of aromatic nitrogens is 1. The van der Waals surface area contributed by atoms with Crippen LogP contribution in [0.5, 0.6) is 5.75 Å². The molecule has 2 aromatic carbocycles. The maximum Gasteiger partial charge on any atom is 0.315 e. The number of rotatable bonds is 5. The molecule has 1 fully saturated rings. The second kappa shape index (κ2) is 8.92. The van der Waals surface area contributed by atoms with Gasteiger partial charge >= 0.3 is 6.03 Å². The zero-order chi connectivity index (χ0) is 20.1. The van der Waals surface area contributed by atoms with Gasteiger partial charge in [0.2, 0.25) is 0 Å². The maximum absolute atomic E-state index is 12.5. The van der Waals surface area contributed by atoms with Crippen LogP contribution in [0.2, 0.25) is 0 Å². The first-order chi connectivity index (χ1) is 14.2. The van der Waals surface area contributed by atoms with Crippen LogP contribution in [-0.4, -0.2) is 30.8 Å². The highest BCUT2D eigenvalue weighted by Gasteiger charge is 2.25. The van der Waals surface area contributed by atoms with Crippen LogP contribution in [0.3, 0.4) is 0 Å². The predicted molar refractivity (Wildman–Crippen MR) is 112 cm³/mol. The largest absolute Gasteiger partial charge is 0.496 e. The number of urea groups is 1. The van der Waals surface area contributed by atoms with Gasteiger partial charge in [-0.15, -0.1) is 0 Å². The molecular weight excluding hydrogens is 366 g/mol. The van der Waals surface area contributed by atoms with E-state index in [1.807, 2.05) is 48.5 Å². The first kappa shape index (κ1) is 19.2. The standard InChI is InChI=1S/C23H25N3O3/c1-28-21-7-6-17(19-4-2-3-5-20(19)21)15-25-23(27)26-18-10-13-29-22(14-18)16-8-11-24-12-9-16/h2-9,11-12,18,22H,10,13-15H2,1H3,(H2,25,26,27). The Kier molecular flexibility index (Phi) is 5.91. The number of fused-ring (bicyclic) bond motifs is 1. The number of methoxy groups -OCH3 is 1. The molecule has 0 spiro atoms. The highest BCUT2D eigenvalue weighted by Crippen LogP contribution is 2.29. The molecule has 2 N–H and O–H groups in total. The van der Waals surface area contributed by atoms with E-state index in [2.05, 4.69) is 15.6 Å². The van der Waals surface area contributed by atoms with Crippen LogP contribution in [0.25, 0.3) is 10.8 Å². The van der Waals surface area contributed by atoms with E-state index >= 15 is 0 Å². The zero-order valence-electron chi connectivity index (χ0n) is 16.4. The molecule has 150 valence electrons. The summed E-state index contributed by atoms with van der Waals surface area (Å²) in [7, 11) is 1.67. The molecule has 2 amide bonds. The van der Waals surface area contributed by atoms with Gasteiger partial charge < -0.3 is 20.1 Å². The molecular formula is C23H25N3O3. The van der Waals surface area contributed by atoms with Gasteiger partial charge in [0, 0.05) is 37.0 Å². The van der Waals surface area contributed by atoms with Crippen LogP contribution in [0.4, 0.5) is 4.79 Å². The number of amides is 2. The molecule has 3 aromatic rings. The van der Waals surface area contributed by atoms with Crippen molar-refractivity contribution in [2.75, 3.05) is 13.7 Å². The van der Waals surface area contributed by atoms with Gasteiger partial charge in [-0.05, 0) is 47.6 Å². The molecule has 1 saturated heterocycles. The summed E-state index contributed by atoms with van der Waals surface area (Å²) in [5, 5.41) is 8.20. The molecule has 1 aliphatic heterocycles. The summed E-state index contributed by atoms with van der Waals surface area (Å²) in [5.74, 6) is 0.832. The van der Waals surface area contributed by atoms with E-state index in [1.54, 1.807) is 19.5 Å². The molecule has 2 unspecified atom stereocenters. The summed E-state index contributed by atoms with van der Waals surface area (Å²) in [6, 6.07) is 15.8. The Bertz CT molecular complexity index is 978. The Morgan fingerprint density at radius 3 is 2.72 bits per heavy atom. The number of pyridine rings is 1. The lowest BCUT2D eigenvalue weighted by Gasteiger charge is -2.30. The van der Waals surface area contributed by atoms with Gasteiger partial charge in [-0.2, -0.15) is 0 Å². The summed E-state index contributed by atoms with van der Waals surface area (Å²) in [4.78, 5) is 16.5. The van der Waals surface area contributed by atoms with Crippen LogP contribution in [-0.2, 0) is 11.3 Å². The number of benzene rings is 2. The fraction of sp³-hybridized carbons (Fsp3) is 0.304. The lowest BCUT2D eigenvalue weighted by molar-refractivity contribution is 0.00221. The number of carbonyl (C=O) groups is 1. The van der Waals surface area contributed by atoms with Gasteiger partial charge in [0.15, 0.2) is 0 Å². The highest BCUT2D eigenvalue weighted by molar-refractivity contribution is 5.91. The van der Waals surface area contributed by atoms with Gasteiger partial charge in [0.1, 0.15) is 5.75 Å². The number of hydrogen-bond acceptors (Lipinski definition) is 4. The van der Waals surface area contributed by atoms with Crippen LogP contribution >= 0.6 is 0 Å². The fourth-order valence-electron chi connectivity index (χ4n) is 3.82. The van der Waals surface area contributed by atoms with E-state index in [0.29, 0.717) is 13.2 Å². The average Bonchev–Trinajstić information content (AvgIpc) is 2.78. The molecule has 6 heteroatoms.